The van der Waals surface area contributed by atoms with Crippen molar-refractivity contribution in [2.45, 2.75) is 24.9 Å². The number of carboxylic acid groups (broad SMARTS) is 2. The van der Waals surface area contributed by atoms with Crippen LogP contribution in [0.15, 0.2) is 39.0 Å². The van der Waals surface area contributed by atoms with Crippen molar-refractivity contribution in [3.05, 3.63) is 51.0 Å². The van der Waals surface area contributed by atoms with E-state index in [0.717, 1.165) is 0 Å². The number of carbonyl (C=O) groups excluding carboxylic acids is 1. The maximum absolute atomic E-state index is 12.3. The number of H-pyrrole nitrogens is 1. The average Bonchev–Trinajstić information content (AvgIpc) is 2.75. The van der Waals surface area contributed by atoms with Crippen molar-refractivity contribution in [3.8, 4) is 0 Å². The molecular weight excluding hydrogens is 422 g/mol. The van der Waals surface area contributed by atoms with Crippen molar-refractivity contribution in [2.75, 3.05) is 24.1 Å². The maximum Gasteiger partial charge on any atom is 0.326 e. The summed E-state index contributed by atoms with van der Waals surface area (Å²) in [7, 11) is 0. The Morgan fingerprint density at radius 1 is 1.22 bits per heavy atom. The highest BCUT2D eigenvalue weighted by Gasteiger charge is 2.21. The second-order valence-electron chi connectivity index (χ2n) is 7.00. The van der Waals surface area contributed by atoms with Crippen LogP contribution in [0.25, 0.3) is 0 Å². The minimum Gasteiger partial charge on any atom is -0.481 e. The van der Waals surface area contributed by atoms with Gasteiger partial charge < -0.3 is 26.6 Å². The fraction of sp³-hybridized carbons (Fsp3) is 0.316. The van der Waals surface area contributed by atoms with Gasteiger partial charge in [-0.05, 0) is 30.7 Å². The number of nitrogens with one attached hydrogen (secondary N) is 3. The Hall–Kier alpha value is -4.29. The molecule has 0 saturated carbocycles. The zero-order valence-electron chi connectivity index (χ0n) is 16.7. The van der Waals surface area contributed by atoms with E-state index in [2.05, 4.69) is 30.6 Å². The highest BCUT2D eigenvalue weighted by Crippen LogP contribution is 2.11. The molecule has 1 aliphatic rings. The smallest absolute Gasteiger partial charge is 0.326 e. The number of hydrogen-bond acceptors (Lipinski definition) is 9. The van der Waals surface area contributed by atoms with E-state index in [4.69, 9.17) is 15.9 Å². The zero-order valence-corrected chi connectivity index (χ0v) is 16.7. The number of nitrogens with two attached hydrogens (primary N) is 1. The number of aromatic nitrogens is 2. The van der Waals surface area contributed by atoms with E-state index in [9.17, 15) is 19.2 Å². The van der Waals surface area contributed by atoms with Gasteiger partial charge in [0.25, 0.3) is 11.5 Å². The van der Waals surface area contributed by atoms with Crippen LogP contribution in [-0.2, 0) is 9.59 Å². The van der Waals surface area contributed by atoms with E-state index < -0.39 is 29.4 Å². The number of fused-ring (bicyclic) bond motifs is 1. The monoisotopic (exact) mass is 443 g/mol. The molecule has 2 atom stereocenters. The Morgan fingerprint density at radius 2 is 1.94 bits per heavy atom. The van der Waals surface area contributed by atoms with Gasteiger partial charge in [0.15, 0.2) is 10.8 Å². The molecule has 1 aliphatic heterocycles. The fourth-order valence-corrected chi connectivity index (χ4v) is 2.97. The van der Waals surface area contributed by atoms with Crippen LogP contribution < -0.4 is 32.8 Å². The van der Waals surface area contributed by atoms with Gasteiger partial charge in [0.05, 0.1) is 12.6 Å². The van der Waals surface area contributed by atoms with Gasteiger partial charge in [0.1, 0.15) is 6.04 Å². The molecule has 1 aromatic carbocycles. The van der Waals surface area contributed by atoms with Crippen molar-refractivity contribution in [1.29, 1.82) is 0 Å². The predicted octanol–water partition coefficient (Wildman–Crippen LogP) is -1.87. The van der Waals surface area contributed by atoms with E-state index in [1.807, 2.05) is 0 Å². The van der Waals surface area contributed by atoms with Crippen LogP contribution in [0.5, 0.6) is 0 Å². The summed E-state index contributed by atoms with van der Waals surface area (Å²) in [6.45, 7) is 0.692. The third-order valence-electron chi connectivity index (χ3n) is 4.60. The lowest BCUT2D eigenvalue weighted by atomic mass is 10.1. The summed E-state index contributed by atoms with van der Waals surface area (Å²) in [5.74, 6) is -3.10. The molecule has 3 rings (SSSR count). The summed E-state index contributed by atoms with van der Waals surface area (Å²) in [6.07, 6.45) is -0.599. The van der Waals surface area contributed by atoms with Crippen LogP contribution in [0.2, 0.25) is 0 Å². The van der Waals surface area contributed by atoms with Crippen LogP contribution >= 0.6 is 0 Å². The van der Waals surface area contributed by atoms with Crippen LogP contribution in [0.3, 0.4) is 0 Å². The molecule has 2 aromatic rings. The molecule has 13 heteroatoms. The highest BCUT2D eigenvalue weighted by atomic mass is 16.4. The summed E-state index contributed by atoms with van der Waals surface area (Å²) in [6, 6.07) is 4.66. The molecule has 1 amide bonds. The SMILES string of the molecule is Nc1nc2c(c(=O)[nH]1)=N[C@H](CNc1ccc(C(=O)N[C@@H](CCC(=O)O)C(=O)O)cc1)CN=2. The molecule has 32 heavy (non-hydrogen) atoms. The topological polar surface area (TPSA) is 212 Å². The quantitative estimate of drug-likeness (QED) is 0.256. The summed E-state index contributed by atoms with van der Waals surface area (Å²) in [5, 5.41) is 23.4. The number of rotatable bonds is 9. The van der Waals surface area contributed by atoms with Crippen molar-refractivity contribution in [1.82, 2.24) is 15.3 Å². The molecular formula is C19H21N7O6. The maximum atomic E-state index is 12.3. The third-order valence-corrected chi connectivity index (χ3v) is 4.60. The Labute approximate surface area is 180 Å². The first kappa shape index (κ1) is 22.4. The van der Waals surface area contributed by atoms with Crippen LogP contribution in [0.1, 0.15) is 23.2 Å². The summed E-state index contributed by atoms with van der Waals surface area (Å²) < 4.78 is 0. The Kier molecular flexibility index (Phi) is 6.77. The van der Waals surface area contributed by atoms with Crippen molar-refractivity contribution >= 4 is 29.5 Å². The van der Waals surface area contributed by atoms with E-state index >= 15 is 0 Å². The Balaban J connectivity index is 1.59. The molecule has 0 bridgehead atoms. The van der Waals surface area contributed by atoms with Gasteiger partial charge in [-0.25, -0.2) is 4.79 Å². The standard InChI is InChI=1S/C19H21N7O6/c20-19-25-15-14(17(30)26-19)23-11(8-22-15)7-21-10-3-1-9(2-4-10)16(29)24-12(18(31)32)5-6-13(27)28/h1-4,11-12,21H,5-8H2,(H,24,29)(H,27,28)(H,31,32)(H3,20,22,25,26,30)/t11-,12+/m1/s1. The zero-order chi connectivity index (χ0) is 23.3. The first-order valence-corrected chi connectivity index (χ1v) is 9.60. The van der Waals surface area contributed by atoms with Gasteiger partial charge >= 0.3 is 11.9 Å². The molecule has 13 nitrogen and oxygen atoms in total. The van der Waals surface area contributed by atoms with E-state index in [-0.39, 0.29) is 41.2 Å². The molecule has 0 saturated heterocycles. The van der Waals surface area contributed by atoms with Gasteiger partial charge in [0.2, 0.25) is 5.95 Å². The molecule has 1 aromatic heterocycles. The predicted molar refractivity (Wildman–Crippen MR) is 111 cm³/mol. The molecule has 2 heterocycles. The minimum absolute atomic E-state index is 0.0232. The summed E-state index contributed by atoms with van der Waals surface area (Å²) in [4.78, 5) is 61.0. The lowest BCUT2D eigenvalue weighted by Crippen LogP contribution is -2.48. The summed E-state index contributed by atoms with van der Waals surface area (Å²) in [5.41, 5.74) is 6.14. The second kappa shape index (κ2) is 9.68. The molecule has 0 radical (unpaired) electrons. The lowest BCUT2D eigenvalue weighted by Gasteiger charge is -2.15. The molecule has 0 fully saturated rings. The number of benzene rings is 1. The number of nitrogens with zero attached hydrogens (tertiary/aromatic N) is 3. The number of carbonyl (C=O) groups is 3. The highest BCUT2D eigenvalue weighted by molar-refractivity contribution is 5.96. The number of carboxylic acids is 2. The van der Waals surface area contributed by atoms with Gasteiger partial charge in [-0.2, -0.15) is 4.98 Å². The van der Waals surface area contributed by atoms with Gasteiger partial charge in [0, 0.05) is 24.2 Å². The first-order chi connectivity index (χ1) is 15.2. The average molecular weight is 443 g/mol. The van der Waals surface area contributed by atoms with Gasteiger partial charge in [-0.15, -0.1) is 0 Å². The first-order valence-electron chi connectivity index (χ1n) is 9.60. The summed E-state index contributed by atoms with van der Waals surface area (Å²) >= 11 is 0. The lowest BCUT2D eigenvalue weighted by molar-refractivity contribution is -0.140. The number of aliphatic carboxylic acids is 2. The second-order valence-corrected chi connectivity index (χ2v) is 7.00. The van der Waals surface area contributed by atoms with E-state index in [1.54, 1.807) is 12.1 Å². The minimum atomic E-state index is -1.31. The molecule has 0 unspecified atom stereocenters. The fourth-order valence-electron chi connectivity index (χ4n) is 2.97. The number of aromatic amines is 1. The third kappa shape index (κ3) is 5.65. The van der Waals surface area contributed by atoms with Gasteiger partial charge in [-0.1, -0.05) is 0 Å². The Morgan fingerprint density at radius 3 is 2.59 bits per heavy atom. The molecule has 7 N–H and O–H groups in total. The van der Waals surface area contributed by atoms with Crippen molar-refractivity contribution in [2.24, 2.45) is 9.98 Å². The molecule has 168 valence electrons. The van der Waals surface area contributed by atoms with Crippen LogP contribution in [0.4, 0.5) is 11.6 Å². The number of hydrogen-bond donors (Lipinski definition) is 6. The Bertz CT molecular complexity index is 1210. The van der Waals surface area contributed by atoms with E-state index in [0.29, 0.717) is 18.8 Å². The van der Waals surface area contributed by atoms with Crippen LogP contribution in [-0.4, -0.2) is 63.2 Å². The van der Waals surface area contributed by atoms with Crippen LogP contribution in [0, 0.1) is 0 Å². The number of anilines is 2. The molecule has 0 spiro atoms. The number of nitrogen functional groups attached to an aromatic ring is 1. The van der Waals surface area contributed by atoms with Gasteiger partial charge in [-0.3, -0.25) is 29.4 Å². The molecule has 0 aliphatic carbocycles. The largest absolute Gasteiger partial charge is 0.481 e. The van der Waals surface area contributed by atoms with E-state index in [1.165, 1.54) is 12.1 Å². The number of amides is 1. The van der Waals surface area contributed by atoms with Crippen molar-refractivity contribution in [3.63, 3.8) is 0 Å². The van der Waals surface area contributed by atoms with Crippen molar-refractivity contribution < 1.29 is 24.6 Å². The normalized spacial score (nSPS) is 15.4.